The Hall–Kier alpha value is -2.64. The van der Waals surface area contributed by atoms with E-state index < -0.39 is 6.17 Å². The molecule has 0 radical (unpaired) electrons. The Morgan fingerprint density at radius 2 is 1.33 bits per heavy atom. The highest BCUT2D eigenvalue weighted by atomic mass is 16.2. The maximum atomic E-state index is 12.3. The van der Waals surface area contributed by atoms with Crippen LogP contribution in [-0.2, 0) is 19.2 Å². The Labute approximate surface area is 160 Å². The van der Waals surface area contributed by atoms with Gasteiger partial charge >= 0.3 is 0 Å². The van der Waals surface area contributed by atoms with Crippen LogP contribution in [0, 0.1) is 5.92 Å². The molecule has 27 heavy (non-hydrogen) atoms. The predicted octanol–water partition coefficient (Wildman–Crippen LogP) is 1.11. The minimum atomic E-state index is -0.452. The molecule has 0 aliphatic heterocycles. The molecule has 0 atom stereocenters. The second kappa shape index (κ2) is 12.7. The summed E-state index contributed by atoms with van der Waals surface area (Å²) in [5, 5.41) is 5.77. The average molecular weight is 378 g/mol. The van der Waals surface area contributed by atoms with Crippen molar-refractivity contribution in [1.82, 2.24) is 20.4 Å². The SMILES string of the molecule is C=CN(C=O)CCC(=O)NC(NC(=O)CCN(C=C)C=O)C1CCCCC1. The molecule has 1 aliphatic rings. The van der Waals surface area contributed by atoms with Gasteiger partial charge < -0.3 is 20.4 Å². The predicted molar refractivity (Wildman–Crippen MR) is 102 cm³/mol. The van der Waals surface area contributed by atoms with Crippen molar-refractivity contribution in [2.75, 3.05) is 13.1 Å². The molecule has 2 N–H and O–H groups in total. The van der Waals surface area contributed by atoms with Crippen molar-refractivity contribution in [2.24, 2.45) is 5.92 Å². The van der Waals surface area contributed by atoms with Gasteiger partial charge in [0.25, 0.3) is 0 Å². The summed E-state index contributed by atoms with van der Waals surface area (Å²) in [5.41, 5.74) is 0. The highest BCUT2D eigenvalue weighted by Crippen LogP contribution is 2.25. The summed E-state index contributed by atoms with van der Waals surface area (Å²) in [7, 11) is 0. The molecule has 0 saturated heterocycles. The smallest absolute Gasteiger partial charge is 0.223 e. The molecule has 0 aromatic heterocycles. The molecule has 150 valence electrons. The van der Waals surface area contributed by atoms with Crippen LogP contribution in [0.4, 0.5) is 0 Å². The van der Waals surface area contributed by atoms with Gasteiger partial charge in [-0.15, -0.1) is 0 Å². The lowest BCUT2D eigenvalue weighted by molar-refractivity contribution is -0.125. The second-order valence-corrected chi connectivity index (χ2v) is 6.56. The van der Waals surface area contributed by atoms with Crippen molar-refractivity contribution in [2.45, 2.75) is 51.1 Å². The topological polar surface area (TPSA) is 98.8 Å². The lowest BCUT2D eigenvalue weighted by atomic mass is 9.86. The Morgan fingerprint density at radius 1 is 0.889 bits per heavy atom. The van der Waals surface area contributed by atoms with Crippen LogP contribution in [-0.4, -0.2) is 53.7 Å². The highest BCUT2D eigenvalue weighted by Gasteiger charge is 2.26. The van der Waals surface area contributed by atoms with E-state index in [-0.39, 0.29) is 43.7 Å². The number of nitrogens with one attached hydrogen (secondary N) is 2. The third kappa shape index (κ3) is 8.52. The van der Waals surface area contributed by atoms with E-state index in [0.29, 0.717) is 12.8 Å². The Kier molecular flexibility index (Phi) is 10.5. The number of nitrogens with zero attached hydrogens (tertiary/aromatic N) is 2. The van der Waals surface area contributed by atoms with Crippen LogP contribution < -0.4 is 10.6 Å². The molecule has 0 aromatic carbocycles. The molecule has 8 nitrogen and oxygen atoms in total. The van der Waals surface area contributed by atoms with Gasteiger partial charge in [0.2, 0.25) is 24.6 Å². The van der Waals surface area contributed by atoms with Crippen LogP contribution in [0.5, 0.6) is 0 Å². The Bertz CT molecular complexity index is 478. The zero-order chi connectivity index (χ0) is 20.1. The third-order valence-electron chi connectivity index (χ3n) is 4.69. The fraction of sp³-hybridized carbons (Fsp3) is 0.579. The van der Waals surface area contributed by atoms with Crippen LogP contribution in [0.15, 0.2) is 25.6 Å². The average Bonchev–Trinajstić information content (AvgIpc) is 2.69. The van der Waals surface area contributed by atoms with Gasteiger partial charge in [-0.25, -0.2) is 0 Å². The molecular formula is C19H30N4O4. The molecule has 0 spiro atoms. The molecule has 1 aliphatic carbocycles. The van der Waals surface area contributed by atoms with Gasteiger partial charge in [-0.1, -0.05) is 32.4 Å². The summed E-state index contributed by atoms with van der Waals surface area (Å²) < 4.78 is 0. The first-order chi connectivity index (χ1) is 13.0. The fourth-order valence-corrected chi connectivity index (χ4v) is 3.07. The van der Waals surface area contributed by atoms with E-state index in [0.717, 1.165) is 32.1 Å². The Balaban J connectivity index is 2.61. The quantitative estimate of drug-likeness (QED) is 0.370. The first-order valence-corrected chi connectivity index (χ1v) is 9.30. The Morgan fingerprint density at radius 3 is 1.70 bits per heavy atom. The molecule has 1 fully saturated rings. The summed E-state index contributed by atoms with van der Waals surface area (Å²) in [6.07, 6.45) is 8.90. The monoisotopic (exact) mass is 378 g/mol. The zero-order valence-corrected chi connectivity index (χ0v) is 15.8. The lowest BCUT2D eigenvalue weighted by Gasteiger charge is -2.32. The van der Waals surface area contributed by atoms with Crippen molar-refractivity contribution >= 4 is 24.6 Å². The molecule has 4 amide bonds. The molecular weight excluding hydrogens is 348 g/mol. The van der Waals surface area contributed by atoms with Crippen molar-refractivity contribution < 1.29 is 19.2 Å². The molecule has 0 bridgehead atoms. The normalized spacial score (nSPS) is 14.1. The number of rotatable bonds is 13. The molecule has 0 heterocycles. The first-order valence-electron chi connectivity index (χ1n) is 9.30. The number of carbonyl (C=O) groups excluding carboxylic acids is 4. The van der Waals surface area contributed by atoms with E-state index in [1.165, 1.54) is 22.2 Å². The number of hydrogen-bond acceptors (Lipinski definition) is 4. The van der Waals surface area contributed by atoms with Crippen LogP contribution in [0.25, 0.3) is 0 Å². The summed E-state index contributed by atoms with van der Waals surface area (Å²) in [6, 6.07) is 0. The van der Waals surface area contributed by atoms with Gasteiger partial charge in [0.15, 0.2) is 0 Å². The van der Waals surface area contributed by atoms with Gasteiger partial charge in [0, 0.05) is 25.9 Å². The number of carbonyl (C=O) groups is 4. The fourth-order valence-electron chi connectivity index (χ4n) is 3.07. The van der Waals surface area contributed by atoms with Gasteiger partial charge in [0.1, 0.15) is 6.17 Å². The van der Waals surface area contributed by atoms with Gasteiger partial charge in [-0.05, 0) is 31.2 Å². The third-order valence-corrected chi connectivity index (χ3v) is 4.69. The minimum Gasteiger partial charge on any atom is -0.336 e. The molecule has 1 saturated carbocycles. The van der Waals surface area contributed by atoms with E-state index in [9.17, 15) is 19.2 Å². The van der Waals surface area contributed by atoms with E-state index in [4.69, 9.17) is 0 Å². The molecule has 1 rings (SSSR count). The standard InChI is InChI=1S/C19H30N4O4/c1-3-22(14-24)12-10-17(26)20-19(16-8-6-5-7-9-16)21-18(27)11-13-23(4-2)15-25/h3-4,14-16,19H,1-2,5-13H2,(H,20,26)(H,21,27). The summed E-state index contributed by atoms with van der Waals surface area (Å²) >= 11 is 0. The van der Waals surface area contributed by atoms with E-state index >= 15 is 0 Å². The largest absolute Gasteiger partial charge is 0.336 e. The van der Waals surface area contributed by atoms with Crippen molar-refractivity contribution in [1.29, 1.82) is 0 Å². The lowest BCUT2D eigenvalue weighted by Crippen LogP contribution is -2.53. The van der Waals surface area contributed by atoms with E-state index in [2.05, 4.69) is 23.8 Å². The maximum Gasteiger partial charge on any atom is 0.223 e. The van der Waals surface area contributed by atoms with Crippen LogP contribution >= 0.6 is 0 Å². The van der Waals surface area contributed by atoms with E-state index in [1.54, 1.807) is 0 Å². The minimum absolute atomic E-state index is 0.124. The van der Waals surface area contributed by atoms with Gasteiger partial charge in [-0.2, -0.15) is 0 Å². The van der Waals surface area contributed by atoms with Crippen LogP contribution in [0.3, 0.4) is 0 Å². The van der Waals surface area contributed by atoms with Crippen LogP contribution in [0.2, 0.25) is 0 Å². The van der Waals surface area contributed by atoms with Gasteiger partial charge in [0.05, 0.1) is 0 Å². The molecule has 0 unspecified atom stereocenters. The van der Waals surface area contributed by atoms with Crippen molar-refractivity contribution in [3.8, 4) is 0 Å². The van der Waals surface area contributed by atoms with Crippen molar-refractivity contribution in [3.05, 3.63) is 25.6 Å². The highest BCUT2D eigenvalue weighted by molar-refractivity contribution is 5.79. The summed E-state index contributed by atoms with van der Waals surface area (Å²) in [6.45, 7) is 7.47. The van der Waals surface area contributed by atoms with Crippen molar-refractivity contribution in [3.63, 3.8) is 0 Å². The second-order valence-electron chi connectivity index (χ2n) is 6.56. The van der Waals surface area contributed by atoms with Gasteiger partial charge in [-0.3, -0.25) is 19.2 Å². The first kappa shape index (κ1) is 22.4. The van der Waals surface area contributed by atoms with Crippen LogP contribution in [0.1, 0.15) is 44.9 Å². The molecule has 8 heteroatoms. The maximum absolute atomic E-state index is 12.3. The molecule has 0 aromatic rings. The summed E-state index contributed by atoms with van der Waals surface area (Å²) in [4.78, 5) is 48.6. The van der Waals surface area contributed by atoms with E-state index in [1.807, 2.05) is 0 Å². The number of amides is 4. The zero-order valence-electron chi connectivity index (χ0n) is 15.8. The number of hydrogen-bond donors (Lipinski definition) is 2. The summed E-state index contributed by atoms with van der Waals surface area (Å²) in [5.74, 6) is -0.296.